The summed E-state index contributed by atoms with van der Waals surface area (Å²) in [6, 6.07) is 13.0. The van der Waals surface area contributed by atoms with Crippen LogP contribution in [0.25, 0.3) is 11.0 Å². The summed E-state index contributed by atoms with van der Waals surface area (Å²) >= 11 is 0. The number of hydrogen-bond donors (Lipinski definition) is 1. The molecule has 3 aromatic rings. The highest BCUT2D eigenvalue weighted by Gasteiger charge is 2.19. The smallest absolute Gasteiger partial charge is 0.272 e. The predicted molar refractivity (Wildman–Crippen MR) is 125 cm³/mol. The van der Waals surface area contributed by atoms with Crippen molar-refractivity contribution in [2.24, 2.45) is 0 Å². The summed E-state index contributed by atoms with van der Waals surface area (Å²) in [5.41, 5.74) is 3.47. The highest BCUT2D eigenvalue weighted by atomic mass is 16.6. The zero-order valence-electron chi connectivity index (χ0n) is 18.5. The van der Waals surface area contributed by atoms with Crippen LogP contribution in [0.1, 0.15) is 29.5 Å². The minimum Gasteiger partial charge on any atom is -0.310 e. The van der Waals surface area contributed by atoms with Gasteiger partial charge in [0.1, 0.15) is 0 Å². The van der Waals surface area contributed by atoms with E-state index in [0.717, 1.165) is 38.0 Å². The lowest BCUT2D eigenvalue weighted by atomic mass is 10.0. The van der Waals surface area contributed by atoms with Crippen LogP contribution in [-0.2, 0) is 13.1 Å². The number of hydrogen-bond acceptors (Lipinski definition) is 7. The summed E-state index contributed by atoms with van der Waals surface area (Å²) in [5, 5.41) is 23.8. The molecule has 0 radical (unpaired) electrons. The molecule has 4 rings (SSSR count). The van der Waals surface area contributed by atoms with E-state index in [-0.39, 0.29) is 16.2 Å². The van der Waals surface area contributed by atoms with Crippen LogP contribution in [0.2, 0.25) is 0 Å². The fraction of sp³-hybridized carbons (Fsp3) is 0.375. The Morgan fingerprint density at radius 2 is 2.00 bits per heavy atom. The minimum atomic E-state index is -0.338. The van der Waals surface area contributed by atoms with Crippen molar-refractivity contribution in [1.82, 2.24) is 19.8 Å². The second-order valence-electron chi connectivity index (χ2n) is 8.44. The first-order valence-corrected chi connectivity index (χ1v) is 11.0. The molecule has 1 aromatic heterocycles. The molecule has 1 N–H and O–H groups in total. The van der Waals surface area contributed by atoms with Crippen molar-refractivity contribution < 1.29 is 4.92 Å². The maximum Gasteiger partial charge on any atom is 0.272 e. The van der Waals surface area contributed by atoms with Gasteiger partial charge in [0, 0.05) is 37.3 Å². The first-order chi connectivity index (χ1) is 15.9. The molecule has 0 atom stereocenters. The number of benzene rings is 2. The van der Waals surface area contributed by atoms with Crippen LogP contribution in [0.15, 0.2) is 47.4 Å². The van der Waals surface area contributed by atoms with Gasteiger partial charge in [-0.25, -0.2) is 4.98 Å². The van der Waals surface area contributed by atoms with Crippen molar-refractivity contribution in [3.63, 3.8) is 0 Å². The molecular weight excluding hydrogens is 420 g/mol. The van der Waals surface area contributed by atoms with E-state index in [2.05, 4.69) is 21.3 Å². The molecule has 1 aliphatic heterocycles. The van der Waals surface area contributed by atoms with Gasteiger partial charge in [0.15, 0.2) is 0 Å². The maximum atomic E-state index is 12.4. The highest BCUT2D eigenvalue weighted by molar-refractivity contribution is 5.76. The van der Waals surface area contributed by atoms with E-state index in [1.165, 1.54) is 6.20 Å². The fourth-order valence-corrected chi connectivity index (χ4v) is 4.29. The Hall–Kier alpha value is -3.61. The maximum absolute atomic E-state index is 12.4. The van der Waals surface area contributed by atoms with Gasteiger partial charge in [-0.3, -0.25) is 14.9 Å². The molecule has 1 aliphatic rings. The molecule has 0 aliphatic carbocycles. The van der Waals surface area contributed by atoms with E-state index in [4.69, 9.17) is 0 Å². The molecule has 9 nitrogen and oxygen atoms in total. The number of nitrogens with one attached hydrogen (secondary N) is 1. The lowest BCUT2D eigenvalue weighted by Gasteiger charge is -2.32. The van der Waals surface area contributed by atoms with Crippen LogP contribution in [0.3, 0.4) is 0 Å². The van der Waals surface area contributed by atoms with Gasteiger partial charge in [-0.2, -0.15) is 5.26 Å². The molecule has 0 saturated carbocycles. The van der Waals surface area contributed by atoms with Crippen LogP contribution in [0.5, 0.6) is 0 Å². The van der Waals surface area contributed by atoms with Crippen molar-refractivity contribution in [1.29, 1.82) is 5.26 Å². The average molecular weight is 447 g/mol. The third-order valence-electron chi connectivity index (χ3n) is 6.27. The zero-order chi connectivity index (χ0) is 23.4. The molecule has 0 bridgehead atoms. The van der Waals surface area contributed by atoms with Crippen LogP contribution in [0.4, 0.5) is 5.69 Å². The number of rotatable bonds is 7. The van der Waals surface area contributed by atoms with Crippen LogP contribution >= 0.6 is 0 Å². The van der Waals surface area contributed by atoms with E-state index in [9.17, 15) is 20.2 Å². The summed E-state index contributed by atoms with van der Waals surface area (Å²) in [4.78, 5) is 29.7. The Morgan fingerprint density at radius 3 is 2.73 bits per heavy atom. The third kappa shape index (κ3) is 5.25. The van der Waals surface area contributed by atoms with Gasteiger partial charge >= 0.3 is 0 Å². The van der Waals surface area contributed by atoms with Gasteiger partial charge < -0.3 is 14.8 Å². The predicted octanol–water partition coefficient (Wildman–Crippen LogP) is 2.74. The van der Waals surface area contributed by atoms with Crippen LogP contribution in [0, 0.1) is 28.4 Å². The van der Waals surface area contributed by atoms with E-state index < -0.39 is 0 Å². The number of nitrogens with zero attached hydrogens (tertiary/aromatic N) is 5. The first kappa shape index (κ1) is 22.6. The van der Waals surface area contributed by atoms with E-state index in [1.54, 1.807) is 41.8 Å². The Bertz CT molecular complexity index is 1270. The van der Waals surface area contributed by atoms with Crippen LogP contribution < -0.4 is 10.9 Å². The largest absolute Gasteiger partial charge is 0.310 e. The van der Waals surface area contributed by atoms with Crippen LogP contribution in [-0.4, -0.2) is 45.1 Å². The molecule has 1 fully saturated rings. The van der Waals surface area contributed by atoms with E-state index in [1.807, 2.05) is 6.07 Å². The number of aryl methyl sites for hydroxylation is 1. The number of piperidine rings is 1. The zero-order valence-corrected chi connectivity index (χ0v) is 18.5. The molecule has 2 heterocycles. The Morgan fingerprint density at radius 1 is 1.21 bits per heavy atom. The molecule has 0 unspecified atom stereocenters. The standard InChI is InChI=1S/C24H26N6O3/c1-17-2-3-19(13-22(17)30(32)33)15-26-20-6-8-28(9-7-20)10-11-29-23-12-18(14-25)4-5-21(23)27-16-24(29)31/h2-5,12-13,16,20,26H,6-11,15H2,1H3. The normalized spacial score (nSPS) is 14.9. The van der Waals surface area contributed by atoms with E-state index in [0.29, 0.717) is 41.3 Å². The number of nitriles is 1. The highest BCUT2D eigenvalue weighted by Crippen LogP contribution is 2.20. The van der Waals surface area contributed by atoms with Gasteiger partial charge in [0.05, 0.1) is 33.8 Å². The lowest BCUT2D eigenvalue weighted by molar-refractivity contribution is -0.385. The topological polar surface area (TPSA) is 117 Å². The Kier molecular flexibility index (Phi) is 6.77. The number of likely N-dealkylation sites (tertiary alicyclic amines) is 1. The van der Waals surface area contributed by atoms with Gasteiger partial charge in [0.25, 0.3) is 11.2 Å². The third-order valence-corrected chi connectivity index (χ3v) is 6.27. The summed E-state index contributed by atoms with van der Waals surface area (Å²) in [5.74, 6) is 0. The van der Waals surface area contributed by atoms with Gasteiger partial charge in [-0.15, -0.1) is 0 Å². The SMILES string of the molecule is Cc1ccc(CNC2CCN(CCn3c(=O)cnc4ccc(C#N)cc43)CC2)cc1[N+](=O)[O-]. The molecule has 0 spiro atoms. The average Bonchev–Trinajstić information content (AvgIpc) is 2.83. The fourth-order valence-electron chi connectivity index (χ4n) is 4.29. The van der Waals surface area contributed by atoms with Gasteiger partial charge in [-0.05, 0) is 56.6 Å². The number of nitro benzene ring substituents is 1. The summed E-state index contributed by atoms with van der Waals surface area (Å²) < 4.78 is 1.69. The second kappa shape index (κ2) is 9.90. The Labute approximate surface area is 191 Å². The Balaban J connectivity index is 1.31. The molecule has 170 valence electrons. The molecule has 33 heavy (non-hydrogen) atoms. The molecule has 2 aromatic carbocycles. The van der Waals surface area contributed by atoms with Crippen molar-refractivity contribution in [3.05, 3.63) is 79.8 Å². The summed E-state index contributed by atoms with van der Waals surface area (Å²) in [6.45, 7) is 5.45. The first-order valence-electron chi connectivity index (χ1n) is 11.0. The number of nitro groups is 1. The minimum absolute atomic E-state index is 0.157. The second-order valence-corrected chi connectivity index (χ2v) is 8.44. The van der Waals surface area contributed by atoms with Crippen molar-refractivity contribution in [2.45, 2.75) is 38.9 Å². The van der Waals surface area contributed by atoms with Crippen molar-refractivity contribution >= 4 is 16.7 Å². The number of aromatic nitrogens is 2. The molecule has 9 heteroatoms. The van der Waals surface area contributed by atoms with Gasteiger partial charge in [0.2, 0.25) is 0 Å². The van der Waals surface area contributed by atoms with Crippen molar-refractivity contribution in [2.75, 3.05) is 19.6 Å². The van der Waals surface area contributed by atoms with Gasteiger partial charge in [-0.1, -0.05) is 12.1 Å². The molecule has 1 saturated heterocycles. The monoisotopic (exact) mass is 446 g/mol. The van der Waals surface area contributed by atoms with E-state index >= 15 is 0 Å². The number of fused-ring (bicyclic) bond motifs is 1. The van der Waals surface area contributed by atoms with Crippen molar-refractivity contribution in [3.8, 4) is 6.07 Å². The molecular formula is C24H26N6O3. The summed E-state index contributed by atoms with van der Waals surface area (Å²) in [6.07, 6.45) is 3.27. The lowest BCUT2D eigenvalue weighted by Crippen LogP contribution is -2.43. The quantitative estimate of drug-likeness (QED) is 0.438. The summed E-state index contributed by atoms with van der Waals surface area (Å²) in [7, 11) is 0. The molecule has 0 amide bonds.